The molecule has 11 heteroatoms. The van der Waals surface area contributed by atoms with Crippen molar-refractivity contribution in [2.24, 2.45) is 11.8 Å². The molecule has 1 spiro atoms. The lowest BCUT2D eigenvalue weighted by atomic mass is 9.71. The molecule has 3 aliphatic heterocycles. The number of benzene rings is 1. The van der Waals surface area contributed by atoms with Crippen molar-refractivity contribution < 1.29 is 19.5 Å². The van der Waals surface area contributed by atoms with E-state index >= 15 is 0 Å². The van der Waals surface area contributed by atoms with Crippen LogP contribution in [-0.4, -0.2) is 79.0 Å². The smallest absolute Gasteiger partial charge is 0.245 e. The topological polar surface area (TPSA) is 129 Å². The lowest BCUT2D eigenvalue weighted by Gasteiger charge is -2.34. The number of likely N-dealkylation sites (tertiary alicyclic amines) is 1. The average molecular weight is 501 g/mol. The van der Waals surface area contributed by atoms with Crippen molar-refractivity contribution in [1.29, 1.82) is 0 Å². The number of para-hydroxylation sites is 1. The van der Waals surface area contributed by atoms with E-state index in [4.69, 9.17) is 5.11 Å². The third-order valence-corrected chi connectivity index (χ3v) is 9.68. The van der Waals surface area contributed by atoms with Gasteiger partial charge in [0, 0.05) is 25.4 Å². The predicted octanol–water partition coefficient (Wildman–Crippen LogP) is 0.895. The van der Waals surface area contributed by atoms with Crippen molar-refractivity contribution in [2.45, 2.75) is 61.2 Å². The Balaban J connectivity index is 1.38. The molecule has 0 radical (unpaired) electrons. The van der Waals surface area contributed by atoms with Crippen LogP contribution in [0.25, 0.3) is 11.0 Å². The summed E-state index contributed by atoms with van der Waals surface area (Å²) in [6, 6.07) is 6.92. The van der Waals surface area contributed by atoms with Crippen LogP contribution >= 0.6 is 11.8 Å². The van der Waals surface area contributed by atoms with Crippen LogP contribution < -0.4 is 10.6 Å². The molecular weight excluding hydrogens is 468 g/mol. The zero-order valence-corrected chi connectivity index (χ0v) is 20.7. The van der Waals surface area contributed by atoms with Crippen LogP contribution in [-0.2, 0) is 21.1 Å². The minimum atomic E-state index is -0.628. The van der Waals surface area contributed by atoms with Crippen molar-refractivity contribution in [2.75, 3.05) is 20.2 Å². The quantitative estimate of drug-likeness (QED) is 0.413. The van der Waals surface area contributed by atoms with Gasteiger partial charge in [0.1, 0.15) is 18.2 Å². The Morgan fingerprint density at radius 1 is 1.20 bits per heavy atom. The zero-order valence-electron chi connectivity index (χ0n) is 19.9. The summed E-state index contributed by atoms with van der Waals surface area (Å²) < 4.78 is 1.06. The van der Waals surface area contributed by atoms with E-state index in [9.17, 15) is 14.4 Å². The van der Waals surface area contributed by atoms with Crippen LogP contribution in [0, 0.1) is 11.8 Å². The van der Waals surface area contributed by atoms with E-state index in [1.165, 1.54) is 0 Å². The second kappa shape index (κ2) is 9.77. The molecule has 188 valence electrons. The summed E-state index contributed by atoms with van der Waals surface area (Å²) in [7, 11) is 1.61. The number of nitrogens with zero attached hydrogens (tertiary/aromatic N) is 4. The van der Waals surface area contributed by atoms with E-state index in [1.54, 1.807) is 28.4 Å². The molecule has 3 amide bonds. The van der Waals surface area contributed by atoms with Gasteiger partial charge in [0.25, 0.3) is 0 Å². The standard InChI is InChI=1S/C24H32N6O4S/c1-25-21(32)18-17-10-11-24(35-17)19(18)23(34)29(12-6-2-3-7-13-31)20(24)22(33)26-14-30-16-9-5-4-8-15(16)27-28-30/h4-5,8-9,17-20,31H,2-3,6-7,10-14H2,1H3,(H,25,32)(H,26,33)/t17-,18+,19-,20?,24?/m0/s1. The summed E-state index contributed by atoms with van der Waals surface area (Å²) in [4.78, 5) is 42.0. The molecule has 4 heterocycles. The summed E-state index contributed by atoms with van der Waals surface area (Å²) in [5, 5.41) is 23.2. The van der Waals surface area contributed by atoms with Gasteiger partial charge in [-0.2, -0.15) is 0 Å². The zero-order chi connectivity index (χ0) is 24.6. The highest BCUT2D eigenvalue weighted by Gasteiger charge is 2.73. The first-order chi connectivity index (χ1) is 17.0. The minimum absolute atomic E-state index is 0.0603. The lowest BCUT2D eigenvalue weighted by Crippen LogP contribution is -2.54. The first-order valence-electron chi connectivity index (χ1n) is 12.4. The summed E-state index contributed by atoms with van der Waals surface area (Å²) in [6.07, 6.45) is 4.81. The van der Waals surface area contributed by atoms with Crippen molar-refractivity contribution in [1.82, 2.24) is 30.5 Å². The molecular formula is C24H32N6O4S. The van der Waals surface area contributed by atoms with E-state index in [1.807, 2.05) is 24.3 Å². The van der Waals surface area contributed by atoms with Gasteiger partial charge in [0.05, 0.1) is 22.1 Å². The van der Waals surface area contributed by atoms with Crippen molar-refractivity contribution in [3.05, 3.63) is 24.3 Å². The van der Waals surface area contributed by atoms with E-state index in [0.717, 1.165) is 49.6 Å². The number of hydrogen-bond acceptors (Lipinski definition) is 7. The number of amides is 3. The average Bonchev–Trinajstić information content (AvgIpc) is 3.61. The highest BCUT2D eigenvalue weighted by atomic mass is 32.2. The highest BCUT2D eigenvalue weighted by molar-refractivity contribution is 8.02. The molecule has 5 rings (SSSR count). The van der Waals surface area contributed by atoms with Gasteiger partial charge >= 0.3 is 0 Å². The van der Waals surface area contributed by atoms with Gasteiger partial charge in [-0.25, -0.2) is 4.68 Å². The summed E-state index contributed by atoms with van der Waals surface area (Å²) >= 11 is 1.67. The Morgan fingerprint density at radius 3 is 2.80 bits per heavy atom. The molecule has 2 unspecified atom stereocenters. The van der Waals surface area contributed by atoms with Gasteiger partial charge in [0.2, 0.25) is 17.7 Å². The molecule has 3 N–H and O–H groups in total. The first-order valence-corrected chi connectivity index (χ1v) is 13.3. The molecule has 1 aromatic carbocycles. The molecule has 2 bridgehead atoms. The molecule has 35 heavy (non-hydrogen) atoms. The number of fused-ring (bicyclic) bond motifs is 2. The monoisotopic (exact) mass is 500 g/mol. The van der Waals surface area contributed by atoms with E-state index in [0.29, 0.717) is 6.54 Å². The lowest BCUT2D eigenvalue weighted by molar-refractivity contribution is -0.140. The van der Waals surface area contributed by atoms with Crippen LogP contribution in [0.3, 0.4) is 0 Å². The SMILES string of the molecule is CNC(=O)[C@@H]1[C@@H]2CCC3(S2)C(C(=O)NCn2nnc4ccccc42)N(CCCCCCO)C(=O)[C@H]13. The van der Waals surface area contributed by atoms with Gasteiger partial charge in [-0.1, -0.05) is 30.2 Å². The fraction of sp³-hybridized carbons (Fsp3) is 0.625. The number of thioether (sulfide) groups is 1. The van der Waals surface area contributed by atoms with Crippen LogP contribution in [0.15, 0.2) is 24.3 Å². The molecule has 0 aliphatic carbocycles. The number of carbonyl (C=O) groups excluding carboxylic acids is 3. The Kier molecular flexibility index (Phi) is 6.71. The van der Waals surface area contributed by atoms with Crippen molar-refractivity contribution in [3.8, 4) is 0 Å². The Labute approximate surface area is 208 Å². The van der Waals surface area contributed by atoms with E-state index in [2.05, 4.69) is 20.9 Å². The van der Waals surface area contributed by atoms with Gasteiger partial charge in [0.15, 0.2) is 0 Å². The van der Waals surface area contributed by atoms with Crippen LogP contribution in [0.1, 0.15) is 38.5 Å². The van der Waals surface area contributed by atoms with Crippen LogP contribution in [0.5, 0.6) is 0 Å². The second-order valence-electron chi connectivity index (χ2n) is 9.62. The summed E-state index contributed by atoms with van der Waals surface area (Å²) in [5.41, 5.74) is 1.57. The molecule has 1 aromatic heterocycles. The molecule has 3 saturated heterocycles. The largest absolute Gasteiger partial charge is 0.396 e. The van der Waals surface area contributed by atoms with Gasteiger partial charge in [-0.15, -0.1) is 16.9 Å². The Bertz CT molecular complexity index is 1120. The molecule has 2 aromatic rings. The summed E-state index contributed by atoms with van der Waals surface area (Å²) in [6.45, 7) is 0.780. The van der Waals surface area contributed by atoms with Gasteiger partial charge in [-0.3, -0.25) is 14.4 Å². The fourth-order valence-corrected chi connectivity index (χ4v) is 8.41. The number of unbranched alkanes of at least 4 members (excludes halogenated alkanes) is 3. The van der Waals surface area contributed by atoms with Crippen molar-refractivity contribution >= 4 is 40.5 Å². The van der Waals surface area contributed by atoms with Gasteiger partial charge in [-0.05, 0) is 37.8 Å². The third-order valence-electron chi connectivity index (χ3n) is 7.73. The van der Waals surface area contributed by atoms with E-state index in [-0.39, 0.29) is 36.2 Å². The number of aromatic nitrogens is 3. The summed E-state index contributed by atoms with van der Waals surface area (Å²) in [5.74, 6) is -1.28. The third kappa shape index (κ3) is 3.98. The maximum absolute atomic E-state index is 13.7. The predicted molar refractivity (Wildman–Crippen MR) is 131 cm³/mol. The molecule has 5 atom stereocenters. The van der Waals surface area contributed by atoms with E-state index < -0.39 is 22.6 Å². The molecule has 3 aliphatic rings. The number of carbonyl (C=O) groups is 3. The first kappa shape index (κ1) is 24.1. The minimum Gasteiger partial charge on any atom is -0.396 e. The number of aliphatic hydroxyl groups is 1. The maximum Gasteiger partial charge on any atom is 0.245 e. The van der Waals surface area contributed by atoms with Crippen molar-refractivity contribution in [3.63, 3.8) is 0 Å². The number of rotatable bonds is 10. The molecule has 10 nitrogen and oxygen atoms in total. The number of hydrogen-bond donors (Lipinski definition) is 3. The maximum atomic E-state index is 13.7. The molecule has 3 fully saturated rings. The molecule has 0 saturated carbocycles. The van der Waals surface area contributed by atoms with Crippen LogP contribution in [0.4, 0.5) is 0 Å². The number of aliphatic hydroxyl groups excluding tert-OH is 1. The van der Waals surface area contributed by atoms with Crippen LogP contribution in [0.2, 0.25) is 0 Å². The normalized spacial score (nSPS) is 29.1. The van der Waals surface area contributed by atoms with Gasteiger partial charge < -0.3 is 20.6 Å². The second-order valence-corrected chi connectivity index (χ2v) is 11.2. The number of nitrogens with one attached hydrogen (secondary N) is 2. The Hall–Kier alpha value is -2.66. The fourth-order valence-electron chi connectivity index (χ4n) is 6.19. The Morgan fingerprint density at radius 2 is 2.00 bits per heavy atom. The highest BCUT2D eigenvalue weighted by Crippen LogP contribution is 2.66.